The van der Waals surface area contributed by atoms with Gasteiger partial charge in [-0.3, -0.25) is 9.59 Å². The second-order valence-electron chi connectivity index (χ2n) is 6.17. The number of benzene rings is 1. The van der Waals surface area contributed by atoms with Crippen LogP contribution in [0, 0.1) is 5.92 Å². The van der Waals surface area contributed by atoms with Gasteiger partial charge in [0, 0.05) is 31.7 Å². The van der Waals surface area contributed by atoms with Crippen LogP contribution in [0.3, 0.4) is 0 Å². The normalized spacial score (nSPS) is 19.0. The Bertz CT molecular complexity index is 559. The highest BCUT2D eigenvalue weighted by Crippen LogP contribution is 2.33. The third kappa shape index (κ3) is 4.10. The van der Waals surface area contributed by atoms with Gasteiger partial charge in [0.15, 0.2) is 0 Å². The molecule has 0 bridgehead atoms. The molecule has 2 rings (SSSR count). The number of amides is 2. The van der Waals surface area contributed by atoms with E-state index in [0.717, 1.165) is 18.7 Å². The van der Waals surface area contributed by atoms with Gasteiger partial charge in [0.2, 0.25) is 11.8 Å². The van der Waals surface area contributed by atoms with E-state index in [-0.39, 0.29) is 17.7 Å². The maximum absolute atomic E-state index is 12.4. The average molecular weight is 317 g/mol. The number of carbonyl (C=O) groups excluding carboxylic acids is 2. The van der Waals surface area contributed by atoms with Crippen molar-refractivity contribution in [3.63, 3.8) is 0 Å². The Hall–Kier alpha value is -1.88. The predicted octanol–water partition coefficient (Wildman–Crippen LogP) is 1.89. The highest BCUT2D eigenvalue weighted by molar-refractivity contribution is 6.00. The fraction of sp³-hybridized carbons (Fsp3) is 0.556. The first-order valence-electron chi connectivity index (χ1n) is 8.40. The van der Waals surface area contributed by atoms with Gasteiger partial charge in [0.25, 0.3) is 0 Å². The Labute approximate surface area is 138 Å². The molecule has 2 N–H and O–H groups in total. The Morgan fingerprint density at radius 1 is 1.35 bits per heavy atom. The third-order valence-electron chi connectivity index (χ3n) is 4.54. The molecule has 5 nitrogen and oxygen atoms in total. The van der Waals surface area contributed by atoms with Crippen molar-refractivity contribution in [3.8, 4) is 0 Å². The Morgan fingerprint density at radius 3 is 2.78 bits per heavy atom. The molecule has 1 fully saturated rings. The molecule has 0 radical (unpaired) electrons. The molecule has 1 aromatic rings. The van der Waals surface area contributed by atoms with Crippen LogP contribution in [-0.4, -0.2) is 38.5 Å². The second-order valence-corrected chi connectivity index (χ2v) is 6.17. The lowest BCUT2D eigenvalue weighted by Gasteiger charge is -2.23. The highest BCUT2D eigenvalue weighted by Gasteiger charge is 2.35. The Balaban J connectivity index is 2.10. The first kappa shape index (κ1) is 17.5. The minimum absolute atomic E-state index is 0.0304. The van der Waals surface area contributed by atoms with E-state index in [1.165, 1.54) is 5.56 Å². The minimum Gasteiger partial charge on any atom is -0.355 e. The van der Waals surface area contributed by atoms with Gasteiger partial charge in [-0.15, -0.1) is 0 Å². The van der Waals surface area contributed by atoms with Crippen LogP contribution < -0.4 is 15.5 Å². The van der Waals surface area contributed by atoms with Crippen molar-refractivity contribution in [2.75, 3.05) is 31.6 Å². The lowest BCUT2D eigenvalue weighted by Crippen LogP contribution is -2.36. The van der Waals surface area contributed by atoms with Crippen LogP contribution in [0.2, 0.25) is 0 Å². The molecule has 1 aliphatic rings. The van der Waals surface area contributed by atoms with Gasteiger partial charge >= 0.3 is 0 Å². The molecule has 1 saturated heterocycles. The molecule has 2 amide bonds. The van der Waals surface area contributed by atoms with Crippen molar-refractivity contribution in [1.82, 2.24) is 10.6 Å². The van der Waals surface area contributed by atoms with Crippen LogP contribution in [0.25, 0.3) is 0 Å². The topological polar surface area (TPSA) is 61.4 Å². The summed E-state index contributed by atoms with van der Waals surface area (Å²) in [5.41, 5.74) is 2.14. The van der Waals surface area contributed by atoms with E-state index in [0.29, 0.717) is 25.4 Å². The van der Waals surface area contributed by atoms with E-state index >= 15 is 0 Å². The number of hydrogen-bond donors (Lipinski definition) is 2. The van der Waals surface area contributed by atoms with Crippen LogP contribution in [0.5, 0.6) is 0 Å². The zero-order valence-corrected chi connectivity index (χ0v) is 14.3. The summed E-state index contributed by atoms with van der Waals surface area (Å²) < 4.78 is 0. The third-order valence-corrected chi connectivity index (χ3v) is 4.54. The van der Waals surface area contributed by atoms with Gasteiger partial charge in [0.05, 0.1) is 5.92 Å². The summed E-state index contributed by atoms with van der Waals surface area (Å²) in [4.78, 5) is 26.4. The number of anilines is 1. The van der Waals surface area contributed by atoms with Gasteiger partial charge in [-0.1, -0.05) is 32.0 Å². The molecular weight excluding hydrogens is 290 g/mol. The SMILES string of the molecule is CCC(C)c1ccccc1N1CC(C(=O)NCCNC)CC1=O. The lowest BCUT2D eigenvalue weighted by molar-refractivity contribution is -0.126. The molecule has 2 atom stereocenters. The van der Waals surface area contributed by atoms with Gasteiger partial charge in [-0.05, 0) is 31.0 Å². The Kier molecular flexibility index (Phi) is 6.16. The predicted molar refractivity (Wildman–Crippen MR) is 92.5 cm³/mol. The average Bonchev–Trinajstić information content (AvgIpc) is 2.96. The van der Waals surface area contributed by atoms with Crippen LogP contribution in [0.15, 0.2) is 24.3 Å². The molecule has 1 heterocycles. The van der Waals surface area contributed by atoms with Crippen molar-refractivity contribution in [2.24, 2.45) is 5.92 Å². The monoisotopic (exact) mass is 317 g/mol. The molecule has 0 saturated carbocycles. The number of hydrogen-bond acceptors (Lipinski definition) is 3. The number of rotatable bonds is 7. The zero-order valence-electron chi connectivity index (χ0n) is 14.3. The molecule has 126 valence electrons. The van der Waals surface area contributed by atoms with Gasteiger partial charge in [0.1, 0.15) is 0 Å². The lowest BCUT2D eigenvalue weighted by atomic mass is 9.96. The smallest absolute Gasteiger partial charge is 0.227 e. The van der Waals surface area contributed by atoms with Crippen molar-refractivity contribution < 1.29 is 9.59 Å². The summed E-state index contributed by atoms with van der Waals surface area (Å²) in [7, 11) is 1.85. The largest absolute Gasteiger partial charge is 0.355 e. The molecule has 0 spiro atoms. The van der Waals surface area contributed by atoms with Crippen LogP contribution in [0.1, 0.15) is 38.2 Å². The number of carbonyl (C=O) groups is 2. The van der Waals surface area contributed by atoms with Crippen molar-refractivity contribution >= 4 is 17.5 Å². The molecular formula is C18H27N3O2. The van der Waals surface area contributed by atoms with E-state index in [1.807, 2.05) is 25.2 Å². The molecule has 0 aromatic heterocycles. The molecule has 5 heteroatoms. The van der Waals surface area contributed by atoms with Gasteiger partial charge < -0.3 is 15.5 Å². The number of nitrogens with zero attached hydrogens (tertiary/aromatic N) is 1. The second kappa shape index (κ2) is 8.11. The summed E-state index contributed by atoms with van der Waals surface area (Å²) in [5.74, 6) is 0.137. The first-order chi connectivity index (χ1) is 11.1. The van der Waals surface area contributed by atoms with E-state index in [2.05, 4.69) is 30.5 Å². The summed E-state index contributed by atoms with van der Waals surface area (Å²) in [6.07, 6.45) is 1.31. The van der Waals surface area contributed by atoms with E-state index in [9.17, 15) is 9.59 Å². The maximum Gasteiger partial charge on any atom is 0.227 e. The molecule has 1 aromatic carbocycles. The Morgan fingerprint density at radius 2 is 2.09 bits per heavy atom. The maximum atomic E-state index is 12.4. The fourth-order valence-electron chi connectivity index (χ4n) is 2.94. The molecule has 23 heavy (non-hydrogen) atoms. The number of likely N-dealkylation sites (N-methyl/N-ethyl adjacent to an activating group) is 1. The standard InChI is InChI=1S/C18H27N3O2/c1-4-13(2)15-7-5-6-8-16(15)21-12-14(11-17(21)22)18(23)20-10-9-19-3/h5-8,13-14,19H,4,9-12H2,1-3H3,(H,20,23). The number of nitrogens with one attached hydrogen (secondary N) is 2. The first-order valence-corrected chi connectivity index (χ1v) is 8.40. The van der Waals surface area contributed by atoms with Crippen molar-refractivity contribution in [1.29, 1.82) is 0 Å². The number of para-hydroxylation sites is 1. The summed E-state index contributed by atoms with van der Waals surface area (Å²) >= 11 is 0. The summed E-state index contributed by atoms with van der Waals surface area (Å²) in [6.45, 7) is 6.10. The van der Waals surface area contributed by atoms with Crippen LogP contribution in [0.4, 0.5) is 5.69 Å². The van der Waals surface area contributed by atoms with Crippen molar-refractivity contribution in [3.05, 3.63) is 29.8 Å². The zero-order chi connectivity index (χ0) is 16.8. The van der Waals surface area contributed by atoms with Crippen molar-refractivity contribution in [2.45, 2.75) is 32.6 Å². The van der Waals surface area contributed by atoms with E-state index in [1.54, 1.807) is 4.90 Å². The highest BCUT2D eigenvalue weighted by atomic mass is 16.2. The van der Waals surface area contributed by atoms with E-state index in [4.69, 9.17) is 0 Å². The van der Waals surface area contributed by atoms with E-state index < -0.39 is 0 Å². The van der Waals surface area contributed by atoms with Crippen LogP contribution in [-0.2, 0) is 9.59 Å². The quantitative estimate of drug-likeness (QED) is 0.755. The fourth-order valence-corrected chi connectivity index (χ4v) is 2.94. The van der Waals surface area contributed by atoms with Gasteiger partial charge in [-0.25, -0.2) is 0 Å². The van der Waals surface area contributed by atoms with Crippen LogP contribution >= 0.6 is 0 Å². The van der Waals surface area contributed by atoms with Gasteiger partial charge in [-0.2, -0.15) is 0 Å². The molecule has 1 aliphatic heterocycles. The minimum atomic E-state index is -0.260. The molecule has 2 unspecified atom stereocenters. The summed E-state index contributed by atoms with van der Waals surface area (Å²) in [5, 5.41) is 5.88. The summed E-state index contributed by atoms with van der Waals surface area (Å²) in [6, 6.07) is 8.03. The molecule has 0 aliphatic carbocycles.